The Kier molecular flexibility index (Phi) is 2.59. The van der Waals surface area contributed by atoms with Gasteiger partial charge in [-0.05, 0) is 24.8 Å². The molecule has 0 amide bonds. The zero-order chi connectivity index (χ0) is 12.5. The molecule has 0 aliphatic heterocycles. The van der Waals surface area contributed by atoms with Gasteiger partial charge < -0.3 is 10.4 Å². The molecule has 18 heavy (non-hydrogen) atoms. The van der Waals surface area contributed by atoms with Gasteiger partial charge in [0.1, 0.15) is 0 Å². The molecule has 1 saturated carbocycles. The quantitative estimate of drug-likeness (QED) is 0.860. The van der Waals surface area contributed by atoms with Crippen molar-refractivity contribution in [1.82, 2.24) is 10.2 Å². The van der Waals surface area contributed by atoms with Crippen molar-refractivity contribution in [2.24, 2.45) is 5.92 Å². The minimum Gasteiger partial charge on any atom is -0.476 e. The van der Waals surface area contributed by atoms with Crippen LogP contribution in [0.2, 0.25) is 0 Å². The van der Waals surface area contributed by atoms with E-state index in [4.69, 9.17) is 5.11 Å². The third-order valence-corrected chi connectivity index (χ3v) is 3.13. The maximum atomic E-state index is 11.2. The van der Waals surface area contributed by atoms with E-state index >= 15 is 0 Å². The Morgan fingerprint density at radius 3 is 2.83 bits per heavy atom. The number of carbonyl (C=O) groups is 1. The number of aromatic nitrogens is 2. The van der Waals surface area contributed by atoms with E-state index in [9.17, 15) is 4.79 Å². The van der Waals surface area contributed by atoms with Gasteiger partial charge in [-0.3, -0.25) is 0 Å². The molecule has 1 aliphatic carbocycles. The summed E-state index contributed by atoms with van der Waals surface area (Å²) in [6.45, 7) is 0.802. The molecule has 3 rings (SSSR count). The standard InChI is InChI=1S/C13H13N3O2/c17-13(18)12-11(14-7-8-5-6-8)9-3-1-2-4-10(9)15-16-12/h1-4,8H,5-7H2,(H,14,15)(H,17,18). The molecule has 0 radical (unpaired) electrons. The molecule has 1 fully saturated rings. The van der Waals surface area contributed by atoms with Crippen LogP contribution in [0.25, 0.3) is 10.9 Å². The van der Waals surface area contributed by atoms with Crippen LogP contribution in [-0.4, -0.2) is 27.8 Å². The summed E-state index contributed by atoms with van der Waals surface area (Å²) in [7, 11) is 0. The summed E-state index contributed by atoms with van der Waals surface area (Å²) in [4.78, 5) is 11.2. The molecule has 92 valence electrons. The number of benzene rings is 1. The second kappa shape index (κ2) is 4.25. The summed E-state index contributed by atoms with van der Waals surface area (Å²) in [5, 5.41) is 20.9. The van der Waals surface area contributed by atoms with Gasteiger partial charge in [0.25, 0.3) is 0 Å². The van der Waals surface area contributed by atoms with Crippen LogP contribution >= 0.6 is 0 Å². The van der Waals surface area contributed by atoms with E-state index in [2.05, 4.69) is 15.5 Å². The Labute approximate surface area is 104 Å². The molecule has 2 N–H and O–H groups in total. The normalized spacial score (nSPS) is 14.7. The van der Waals surface area contributed by atoms with Gasteiger partial charge in [-0.1, -0.05) is 18.2 Å². The molecule has 1 aliphatic rings. The molecular weight excluding hydrogens is 230 g/mol. The third-order valence-electron chi connectivity index (χ3n) is 3.13. The fraction of sp³-hybridized carbons (Fsp3) is 0.308. The van der Waals surface area contributed by atoms with Crippen molar-refractivity contribution in [3.8, 4) is 0 Å². The topological polar surface area (TPSA) is 75.1 Å². The summed E-state index contributed by atoms with van der Waals surface area (Å²) in [6.07, 6.45) is 2.43. The number of nitrogens with one attached hydrogen (secondary N) is 1. The van der Waals surface area contributed by atoms with Gasteiger partial charge >= 0.3 is 5.97 Å². The number of hydrogen-bond acceptors (Lipinski definition) is 4. The van der Waals surface area contributed by atoms with Crippen molar-refractivity contribution < 1.29 is 9.90 Å². The Morgan fingerprint density at radius 2 is 2.11 bits per heavy atom. The highest BCUT2D eigenvalue weighted by atomic mass is 16.4. The number of carboxylic acids is 1. The second-order valence-corrected chi connectivity index (χ2v) is 4.57. The molecular formula is C13H13N3O2. The molecule has 1 heterocycles. The fourth-order valence-corrected chi connectivity index (χ4v) is 1.95. The van der Waals surface area contributed by atoms with E-state index in [1.807, 2.05) is 24.3 Å². The number of aromatic carboxylic acids is 1. The summed E-state index contributed by atoms with van der Waals surface area (Å²) in [5.74, 6) is -0.384. The number of fused-ring (bicyclic) bond motifs is 1. The summed E-state index contributed by atoms with van der Waals surface area (Å²) in [5.41, 5.74) is 1.29. The smallest absolute Gasteiger partial charge is 0.358 e. The maximum Gasteiger partial charge on any atom is 0.358 e. The van der Waals surface area contributed by atoms with Gasteiger partial charge in [0, 0.05) is 11.9 Å². The molecule has 0 unspecified atom stereocenters. The first kappa shape index (κ1) is 11.0. The monoisotopic (exact) mass is 243 g/mol. The maximum absolute atomic E-state index is 11.2. The molecule has 0 atom stereocenters. The average Bonchev–Trinajstić information content (AvgIpc) is 3.19. The van der Waals surface area contributed by atoms with Crippen LogP contribution in [0.3, 0.4) is 0 Å². The molecule has 2 aromatic rings. The van der Waals surface area contributed by atoms with E-state index in [1.54, 1.807) is 0 Å². The molecule has 5 heteroatoms. The Morgan fingerprint density at radius 1 is 1.33 bits per heavy atom. The van der Waals surface area contributed by atoms with Gasteiger partial charge in [-0.15, -0.1) is 10.2 Å². The largest absolute Gasteiger partial charge is 0.476 e. The lowest BCUT2D eigenvalue weighted by molar-refractivity contribution is 0.0690. The van der Waals surface area contributed by atoms with Gasteiger partial charge in [0.15, 0.2) is 5.69 Å². The highest BCUT2D eigenvalue weighted by molar-refractivity contribution is 6.02. The van der Waals surface area contributed by atoms with E-state index < -0.39 is 5.97 Å². The summed E-state index contributed by atoms with van der Waals surface area (Å²) in [6, 6.07) is 7.43. The molecule has 0 spiro atoms. The number of nitrogens with zero attached hydrogens (tertiary/aromatic N) is 2. The zero-order valence-corrected chi connectivity index (χ0v) is 9.76. The van der Waals surface area contributed by atoms with Crippen LogP contribution in [0.15, 0.2) is 24.3 Å². The van der Waals surface area contributed by atoms with Crippen LogP contribution in [0.4, 0.5) is 5.69 Å². The molecule has 1 aromatic carbocycles. The summed E-state index contributed by atoms with van der Waals surface area (Å²) < 4.78 is 0. The van der Waals surface area contributed by atoms with Crippen molar-refractivity contribution in [3.05, 3.63) is 30.0 Å². The zero-order valence-electron chi connectivity index (χ0n) is 9.76. The van der Waals surface area contributed by atoms with Crippen molar-refractivity contribution >= 4 is 22.6 Å². The predicted octanol–water partition coefficient (Wildman–Crippen LogP) is 2.15. The Balaban J connectivity index is 2.08. The molecule has 0 bridgehead atoms. The third kappa shape index (κ3) is 1.99. The number of anilines is 1. The average molecular weight is 243 g/mol. The molecule has 5 nitrogen and oxygen atoms in total. The lowest BCUT2D eigenvalue weighted by Gasteiger charge is -2.10. The van der Waals surface area contributed by atoms with Gasteiger partial charge in [-0.2, -0.15) is 0 Å². The Bertz CT molecular complexity index is 608. The number of rotatable bonds is 4. The highest BCUT2D eigenvalue weighted by Crippen LogP contribution is 2.31. The first-order chi connectivity index (χ1) is 8.75. The van der Waals surface area contributed by atoms with Crippen LogP contribution in [0, 0.1) is 5.92 Å². The van der Waals surface area contributed by atoms with E-state index in [0.717, 1.165) is 11.9 Å². The minimum atomic E-state index is -1.05. The van der Waals surface area contributed by atoms with E-state index in [-0.39, 0.29) is 5.69 Å². The van der Waals surface area contributed by atoms with E-state index in [0.29, 0.717) is 17.1 Å². The second-order valence-electron chi connectivity index (χ2n) is 4.57. The minimum absolute atomic E-state index is 0.00523. The van der Waals surface area contributed by atoms with Crippen LogP contribution in [0.5, 0.6) is 0 Å². The first-order valence-electron chi connectivity index (χ1n) is 5.98. The Hall–Kier alpha value is -2.17. The predicted molar refractivity (Wildman–Crippen MR) is 67.7 cm³/mol. The van der Waals surface area contributed by atoms with E-state index in [1.165, 1.54) is 12.8 Å². The highest BCUT2D eigenvalue weighted by Gasteiger charge is 2.23. The molecule has 1 aromatic heterocycles. The van der Waals surface area contributed by atoms with Gasteiger partial charge in [0.2, 0.25) is 0 Å². The van der Waals surface area contributed by atoms with Crippen molar-refractivity contribution in [3.63, 3.8) is 0 Å². The van der Waals surface area contributed by atoms with Crippen molar-refractivity contribution in [2.75, 3.05) is 11.9 Å². The first-order valence-corrected chi connectivity index (χ1v) is 5.98. The lowest BCUT2D eigenvalue weighted by Crippen LogP contribution is -2.12. The fourth-order valence-electron chi connectivity index (χ4n) is 1.95. The summed E-state index contributed by atoms with van der Waals surface area (Å²) >= 11 is 0. The van der Waals surface area contributed by atoms with Crippen molar-refractivity contribution in [2.45, 2.75) is 12.8 Å². The van der Waals surface area contributed by atoms with Crippen LogP contribution in [-0.2, 0) is 0 Å². The number of hydrogen-bond donors (Lipinski definition) is 2. The van der Waals surface area contributed by atoms with Crippen LogP contribution < -0.4 is 5.32 Å². The lowest BCUT2D eigenvalue weighted by atomic mass is 10.1. The SMILES string of the molecule is O=C(O)c1nnc2ccccc2c1NCC1CC1. The van der Waals surface area contributed by atoms with Crippen molar-refractivity contribution in [1.29, 1.82) is 0 Å². The number of carboxylic acid groups (broad SMARTS) is 1. The molecule has 0 saturated heterocycles. The van der Waals surface area contributed by atoms with Gasteiger partial charge in [-0.25, -0.2) is 4.79 Å². The van der Waals surface area contributed by atoms with Gasteiger partial charge in [0.05, 0.1) is 11.2 Å². The van der Waals surface area contributed by atoms with Crippen LogP contribution in [0.1, 0.15) is 23.3 Å².